The van der Waals surface area contributed by atoms with E-state index in [9.17, 15) is 4.79 Å². The Bertz CT molecular complexity index is 526. The van der Waals surface area contributed by atoms with Gasteiger partial charge in [-0.1, -0.05) is 25.7 Å². The average molecular weight is 316 g/mol. The molecule has 0 aromatic carbocycles. The lowest BCUT2D eigenvalue weighted by molar-refractivity contribution is 0.0860. The summed E-state index contributed by atoms with van der Waals surface area (Å²) in [5.41, 5.74) is 6.27. The molecule has 2 fully saturated rings. The summed E-state index contributed by atoms with van der Waals surface area (Å²) in [6.45, 7) is 2.16. The third kappa shape index (κ3) is 4.44. The number of nitrogens with one attached hydrogen (secondary N) is 1. The van der Waals surface area contributed by atoms with Gasteiger partial charge in [-0.25, -0.2) is 4.98 Å². The van der Waals surface area contributed by atoms with Gasteiger partial charge < -0.3 is 11.1 Å². The normalized spacial score (nSPS) is 24.1. The number of amides is 1. The van der Waals surface area contributed by atoms with Crippen molar-refractivity contribution in [2.75, 3.05) is 18.8 Å². The standard InChI is InChI=1S/C18H28N4O/c19-17-12-14(9-10-20-17)18(23)21-15-6-5-11-22(13-15)16-7-3-1-2-4-8-16/h9-10,12,15-16H,1-8,11,13H2,(H2,19,20)(H,21,23). The van der Waals surface area contributed by atoms with Crippen molar-refractivity contribution in [3.8, 4) is 0 Å². The van der Waals surface area contributed by atoms with Gasteiger partial charge in [-0.2, -0.15) is 0 Å². The van der Waals surface area contributed by atoms with Crippen LogP contribution in [0.2, 0.25) is 0 Å². The van der Waals surface area contributed by atoms with E-state index in [0.29, 0.717) is 17.4 Å². The molecule has 1 aliphatic carbocycles. The lowest BCUT2D eigenvalue weighted by Gasteiger charge is -2.38. The van der Waals surface area contributed by atoms with E-state index >= 15 is 0 Å². The van der Waals surface area contributed by atoms with Crippen LogP contribution in [0.15, 0.2) is 18.3 Å². The van der Waals surface area contributed by atoms with E-state index in [4.69, 9.17) is 5.73 Å². The van der Waals surface area contributed by atoms with E-state index in [1.54, 1.807) is 18.3 Å². The van der Waals surface area contributed by atoms with Crippen LogP contribution in [-0.4, -0.2) is 41.0 Å². The first kappa shape index (κ1) is 16.2. The number of carbonyl (C=O) groups is 1. The van der Waals surface area contributed by atoms with Gasteiger partial charge in [0, 0.05) is 30.4 Å². The van der Waals surface area contributed by atoms with Crippen LogP contribution in [0.4, 0.5) is 5.82 Å². The molecule has 5 nitrogen and oxygen atoms in total. The molecule has 1 aromatic heterocycles. The first-order valence-corrected chi connectivity index (χ1v) is 8.99. The summed E-state index contributed by atoms with van der Waals surface area (Å²) in [7, 11) is 0. The topological polar surface area (TPSA) is 71.2 Å². The van der Waals surface area contributed by atoms with Crippen molar-refractivity contribution in [1.29, 1.82) is 0 Å². The molecule has 1 aliphatic heterocycles. The highest BCUT2D eigenvalue weighted by Crippen LogP contribution is 2.24. The Morgan fingerprint density at radius 2 is 1.96 bits per heavy atom. The number of hydrogen-bond donors (Lipinski definition) is 2. The van der Waals surface area contributed by atoms with Gasteiger partial charge >= 0.3 is 0 Å². The van der Waals surface area contributed by atoms with E-state index < -0.39 is 0 Å². The summed E-state index contributed by atoms with van der Waals surface area (Å²) < 4.78 is 0. The molecule has 0 bridgehead atoms. The largest absolute Gasteiger partial charge is 0.384 e. The predicted molar refractivity (Wildman–Crippen MR) is 92.2 cm³/mol. The molecule has 2 aliphatic rings. The first-order chi connectivity index (χ1) is 11.2. The molecular formula is C18H28N4O. The quantitative estimate of drug-likeness (QED) is 0.841. The Hall–Kier alpha value is -1.62. The fourth-order valence-corrected chi connectivity index (χ4v) is 3.94. The lowest BCUT2D eigenvalue weighted by Crippen LogP contribution is -2.50. The minimum absolute atomic E-state index is 0.0354. The molecule has 1 aromatic rings. The van der Waals surface area contributed by atoms with Crippen LogP contribution in [0, 0.1) is 0 Å². The van der Waals surface area contributed by atoms with Crippen molar-refractivity contribution in [2.24, 2.45) is 0 Å². The molecular weight excluding hydrogens is 288 g/mol. The van der Waals surface area contributed by atoms with Crippen LogP contribution in [0.1, 0.15) is 61.7 Å². The molecule has 1 saturated heterocycles. The summed E-state index contributed by atoms with van der Waals surface area (Å²) in [4.78, 5) is 18.9. The third-order valence-corrected chi connectivity index (χ3v) is 5.17. The molecule has 5 heteroatoms. The molecule has 126 valence electrons. The SMILES string of the molecule is Nc1cc(C(=O)NC2CCCN(C3CCCCCC3)C2)ccn1. The maximum absolute atomic E-state index is 12.4. The fraction of sp³-hybridized carbons (Fsp3) is 0.667. The van der Waals surface area contributed by atoms with Gasteiger partial charge in [0.2, 0.25) is 0 Å². The Kier molecular flexibility index (Phi) is 5.49. The highest BCUT2D eigenvalue weighted by atomic mass is 16.1. The fourth-order valence-electron chi connectivity index (χ4n) is 3.94. The van der Waals surface area contributed by atoms with Crippen LogP contribution in [0.25, 0.3) is 0 Å². The Morgan fingerprint density at radius 1 is 1.17 bits per heavy atom. The van der Waals surface area contributed by atoms with Gasteiger partial charge in [0.05, 0.1) is 0 Å². The summed E-state index contributed by atoms with van der Waals surface area (Å²) in [6, 6.07) is 4.32. The van der Waals surface area contributed by atoms with Crippen LogP contribution < -0.4 is 11.1 Å². The van der Waals surface area contributed by atoms with Gasteiger partial charge in [-0.05, 0) is 44.4 Å². The second-order valence-corrected chi connectivity index (χ2v) is 6.92. The number of likely N-dealkylation sites (tertiary alicyclic amines) is 1. The average Bonchev–Trinajstić information content (AvgIpc) is 2.84. The molecule has 1 unspecified atom stereocenters. The zero-order valence-electron chi connectivity index (χ0n) is 13.8. The predicted octanol–water partition coefficient (Wildman–Crippen LogP) is 2.58. The molecule has 1 atom stereocenters. The number of nitrogens with two attached hydrogens (primary N) is 1. The Balaban J connectivity index is 1.56. The van der Waals surface area contributed by atoms with Crippen molar-refractivity contribution >= 4 is 11.7 Å². The minimum Gasteiger partial charge on any atom is -0.384 e. The molecule has 23 heavy (non-hydrogen) atoms. The number of nitrogens with zero attached hydrogens (tertiary/aromatic N) is 2. The highest BCUT2D eigenvalue weighted by molar-refractivity contribution is 5.94. The molecule has 3 N–H and O–H groups in total. The number of anilines is 1. The molecule has 1 amide bonds. The summed E-state index contributed by atoms with van der Waals surface area (Å²) in [5, 5.41) is 3.18. The first-order valence-electron chi connectivity index (χ1n) is 8.99. The number of pyridine rings is 1. The number of hydrogen-bond acceptors (Lipinski definition) is 4. The van der Waals surface area contributed by atoms with Crippen molar-refractivity contribution in [1.82, 2.24) is 15.2 Å². The van der Waals surface area contributed by atoms with E-state index in [1.807, 2.05) is 0 Å². The van der Waals surface area contributed by atoms with Gasteiger partial charge in [-0.15, -0.1) is 0 Å². The van der Waals surface area contributed by atoms with Crippen LogP contribution in [-0.2, 0) is 0 Å². The van der Waals surface area contributed by atoms with Crippen LogP contribution >= 0.6 is 0 Å². The monoisotopic (exact) mass is 316 g/mol. The summed E-state index contributed by atoms with van der Waals surface area (Å²) >= 11 is 0. The highest BCUT2D eigenvalue weighted by Gasteiger charge is 2.27. The number of aromatic nitrogens is 1. The number of piperidine rings is 1. The van der Waals surface area contributed by atoms with Gasteiger partial charge in [0.1, 0.15) is 5.82 Å². The zero-order chi connectivity index (χ0) is 16.1. The number of carbonyl (C=O) groups excluding carboxylic acids is 1. The van der Waals surface area contributed by atoms with E-state index in [2.05, 4.69) is 15.2 Å². The van der Waals surface area contributed by atoms with Gasteiger partial charge in [-0.3, -0.25) is 9.69 Å². The maximum Gasteiger partial charge on any atom is 0.251 e. The second kappa shape index (κ2) is 7.77. The van der Waals surface area contributed by atoms with E-state index in [1.165, 1.54) is 51.5 Å². The third-order valence-electron chi connectivity index (χ3n) is 5.17. The van der Waals surface area contributed by atoms with Gasteiger partial charge in [0.15, 0.2) is 0 Å². The number of nitrogen functional groups attached to an aromatic ring is 1. The summed E-state index contributed by atoms with van der Waals surface area (Å²) in [5.74, 6) is 0.355. The molecule has 0 radical (unpaired) electrons. The van der Waals surface area contributed by atoms with E-state index in [0.717, 1.165) is 13.0 Å². The molecule has 1 saturated carbocycles. The molecule has 0 spiro atoms. The summed E-state index contributed by atoms with van der Waals surface area (Å²) in [6.07, 6.45) is 11.9. The maximum atomic E-state index is 12.4. The zero-order valence-corrected chi connectivity index (χ0v) is 13.8. The van der Waals surface area contributed by atoms with Crippen molar-refractivity contribution in [2.45, 2.75) is 63.5 Å². The van der Waals surface area contributed by atoms with Crippen LogP contribution in [0.3, 0.4) is 0 Å². The second-order valence-electron chi connectivity index (χ2n) is 6.92. The Morgan fingerprint density at radius 3 is 2.70 bits per heavy atom. The van der Waals surface area contributed by atoms with E-state index in [-0.39, 0.29) is 11.9 Å². The van der Waals surface area contributed by atoms with Crippen LogP contribution in [0.5, 0.6) is 0 Å². The minimum atomic E-state index is -0.0354. The molecule has 2 heterocycles. The van der Waals surface area contributed by atoms with Gasteiger partial charge in [0.25, 0.3) is 5.91 Å². The lowest BCUT2D eigenvalue weighted by atomic mass is 9.99. The van der Waals surface area contributed by atoms with Crippen molar-refractivity contribution in [3.05, 3.63) is 23.9 Å². The van der Waals surface area contributed by atoms with Crippen molar-refractivity contribution < 1.29 is 4.79 Å². The number of rotatable bonds is 3. The van der Waals surface area contributed by atoms with Crippen molar-refractivity contribution in [3.63, 3.8) is 0 Å². The molecule has 3 rings (SSSR count). The smallest absolute Gasteiger partial charge is 0.251 e. The Labute approximate surface area is 138 Å².